The minimum absolute atomic E-state index is 0.0171. The van der Waals surface area contributed by atoms with Gasteiger partial charge in [0.25, 0.3) is 5.91 Å². The quantitative estimate of drug-likeness (QED) is 0.683. The zero-order valence-corrected chi connectivity index (χ0v) is 20.0. The summed E-state index contributed by atoms with van der Waals surface area (Å²) in [6.45, 7) is 6.99. The molecule has 0 bridgehead atoms. The van der Waals surface area contributed by atoms with E-state index in [1.54, 1.807) is 0 Å². The van der Waals surface area contributed by atoms with E-state index in [1.807, 2.05) is 47.4 Å². The van der Waals surface area contributed by atoms with Crippen LogP contribution in [-0.4, -0.2) is 53.8 Å². The van der Waals surface area contributed by atoms with Crippen molar-refractivity contribution < 1.29 is 9.59 Å². The molecule has 2 amide bonds. The molecule has 0 unspecified atom stereocenters. The maximum absolute atomic E-state index is 13.5. The van der Waals surface area contributed by atoms with Gasteiger partial charge in [0.15, 0.2) is 0 Å². The van der Waals surface area contributed by atoms with Gasteiger partial charge in [0, 0.05) is 31.7 Å². The number of amides is 2. The maximum Gasteiger partial charge on any atom is 0.253 e. The van der Waals surface area contributed by atoms with Gasteiger partial charge in [0.2, 0.25) is 5.91 Å². The summed E-state index contributed by atoms with van der Waals surface area (Å²) in [4.78, 5) is 30.7. The molecule has 5 heteroatoms. The molecule has 2 aromatic carbocycles. The van der Waals surface area contributed by atoms with Gasteiger partial charge in [-0.3, -0.25) is 14.5 Å². The lowest BCUT2D eigenvalue weighted by Gasteiger charge is -2.41. The average molecular weight is 448 g/mol. The second-order valence-corrected chi connectivity index (χ2v) is 9.51. The van der Waals surface area contributed by atoms with Crippen LogP contribution < -0.4 is 5.32 Å². The predicted octanol–water partition coefficient (Wildman–Crippen LogP) is 4.44. The first-order valence-electron chi connectivity index (χ1n) is 12.5. The smallest absolute Gasteiger partial charge is 0.253 e. The zero-order chi connectivity index (χ0) is 23.2. The fourth-order valence-corrected chi connectivity index (χ4v) is 5.34. The summed E-state index contributed by atoms with van der Waals surface area (Å²) >= 11 is 0. The highest BCUT2D eigenvalue weighted by Crippen LogP contribution is 2.31. The van der Waals surface area contributed by atoms with Crippen LogP contribution in [0.5, 0.6) is 0 Å². The van der Waals surface area contributed by atoms with Crippen LogP contribution in [0.1, 0.15) is 67.1 Å². The highest BCUT2D eigenvalue weighted by atomic mass is 16.2. The van der Waals surface area contributed by atoms with Crippen molar-refractivity contribution in [3.63, 3.8) is 0 Å². The number of rotatable bonds is 7. The Morgan fingerprint density at radius 3 is 2.18 bits per heavy atom. The molecule has 2 aliphatic rings. The lowest BCUT2D eigenvalue weighted by molar-refractivity contribution is -0.129. The first kappa shape index (κ1) is 23.5. The number of benzene rings is 2. The van der Waals surface area contributed by atoms with Crippen LogP contribution in [0.15, 0.2) is 54.6 Å². The Morgan fingerprint density at radius 2 is 1.58 bits per heavy atom. The van der Waals surface area contributed by atoms with Crippen LogP contribution in [0, 0.1) is 5.92 Å². The molecule has 0 radical (unpaired) electrons. The van der Waals surface area contributed by atoms with E-state index >= 15 is 0 Å². The van der Waals surface area contributed by atoms with Crippen molar-refractivity contribution >= 4 is 11.8 Å². The number of carbonyl (C=O) groups is 2. The van der Waals surface area contributed by atoms with E-state index in [4.69, 9.17) is 0 Å². The standard InChI is InChI=1S/C28H37N3O2/c1-3-22-13-15-25(16-14-22)28(33)31-19-17-30(18-20-31)26(24-11-7-8-12-24)27(32)29-21(2)23-9-5-4-6-10-23/h4-6,9-10,13-16,21,24,26H,3,7-8,11-12,17-20H2,1-2H3,(H,29,32)/t21-,26+/m0/s1. The third kappa shape index (κ3) is 5.64. The molecule has 33 heavy (non-hydrogen) atoms. The third-order valence-electron chi connectivity index (χ3n) is 7.38. The number of hydrogen-bond donors (Lipinski definition) is 1. The summed E-state index contributed by atoms with van der Waals surface area (Å²) in [5.41, 5.74) is 3.12. The van der Waals surface area contributed by atoms with Crippen LogP contribution in [-0.2, 0) is 11.2 Å². The van der Waals surface area contributed by atoms with E-state index in [0.29, 0.717) is 19.0 Å². The van der Waals surface area contributed by atoms with E-state index in [1.165, 1.54) is 18.4 Å². The van der Waals surface area contributed by atoms with Crippen LogP contribution in [0.3, 0.4) is 0 Å². The molecule has 2 fully saturated rings. The molecule has 1 saturated heterocycles. The monoisotopic (exact) mass is 447 g/mol. The molecule has 4 rings (SSSR count). The second-order valence-electron chi connectivity index (χ2n) is 9.51. The van der Waals surface area contributed by atoms with E-state index in [0.717, 1.165) is 43.5 Å². The summed E-state index contributed by atoms with van der Waals surface area (Å²) in [6.07, 6.45) is 5.60. The summed E-state index contributed by atoms with van der Waals surface area (Å²) in [6, 6.07) is 18.0. The summed E-state index contributed by atoms with van der Waals surface area (Å²) in [5, 5.41) is 3.28. The van der Waals surface area contributed by atoms with Gasteiger partial charge in [0.1, 0.15) is 0 Å². The van der Waals surface area contributed by atoms with Crippen LogP contribution >= 0.6 is 0 Å². The number of nitrogens with one attached hydrogen (secondary N) is 1. The van der Waals surface area contributed by atoms with Crippen LogP contribution in [0.2, 0.25) is 0 Å². The Hall–Kier alpha value is -2.66. The second kappa shape index (κ2) is 11.0. The third-order valence-corrected chi connectivity index (χ3v) is 7.38. The van der Waals surface area contributed by atoms with Gasteiger partial charge in [0.05, 0.1) is 12.1 Å². The highest BCUT2D eigenvalue weighted by molar-refractivity contribution is 5.94. The largest absolute Gasteiger partial charge is 0.348 e. The Labute approximate surface area is 198 Å². The van der Waals surface area contributed by atoms with Gasteiger partial charge in [-0.05, 0) is 55.4 Å². The summed E-state index contributed by atoms with van der Waals surface area (Å²) in [7, 11) is 0. The number of carbonyl (C=O) groups excluding carboxylic acids is 2. The Bertz CT molecular complexity index is 914. The van der Waals surface area contributed by atoms with Crippen molar-refractivity contribution in [2.45, 2.75) is 58.0 Å². The van der Waals surface area contributed by atoms with Crippen LogP contribution in [0.25, 0.3) is 0 Å². The number of aryl methyl sites for hydroxylation is 1. The zero-order valence-electron chi connectivity index (χ0n) is 20.0. The molecule has 2 atom stereocenters. The van der Waals surface area contributed by atoms with E-state index in [9.17, 15) is 9.59 Å². The molecule has 1 saturated carbocycles. The van der Waals surface area contributed by atoms with Gasteiger partial charge < -0.3 is 10.2 Å². The molecule has 5 nitrogen and oxygen atoms in total. The lowest BCUT2D eigenvalue weighted by Crippen LogP contribution is -2.58. The van der Waals surface area contributed by atoms with Crippen molar-refractivity contribution in [2.24, 2.45) is 5.92 Å². The fraction of sp³-hybridized carbons (Fsp3) is 0.500. The molecule has 1 aliphatic heterocycles. The minimum Gasteiger partial charge on any atom is -0.348 e. The molecule has 0 spiro atoms. The van der Waals surface area contributed by atoms with E-state index in [2.05, 4.69) is 36.2 Å². The topological polar surface area (TPSA) is 52.7 Å². The van der Waals surface area contributed by atoms with Gasteiger partial charge in [-0.1, -0.05) is 62.2 Å². The van der Waals surface area contributed by atoms with Crippen molar-refractivity contribution in [3.05, 3.63) is 71.3 Å². The van der Waals surface area contributed by atoms with Gasteiger partial charge in [-0.15, -0.1) is 0 Å². The Morgan fingerprint density at radius 1 is 0.939 bits per heavy atom. The highest BCUT2D eigenvalue weighted by Gasteiger charge is 2.37. The molecule has 176 valence electrons. The van der Waals surface area contributed by atoms with Gasteiger partial charge >= 0.3 is 0 Å². The van der Waals surface area contributed by atoms with Crippen LogP contribution in [0.4, 0.5) is 0 Å². The number of piperazine rings is 1. The number of hydrogen-bond acceptors (Lipinski definition) is 3. The van der Waals surface area contributed by atoms with Crippen molar-refractivity contribution in [2.75, 3.05) is 26.2 Å². The maximum atomic E-state index is 13.5. The Balaban J connectivity index is 1.40. The van der Waals surface area contributed by atoms with Crippen molar-refractivity contribution in [1.29, 1.82) is 0 Å². The SMILES string of the molecule is CCc1ccc(C(=O)N2CCN([C@@H](C(=O)N[C@@H](C)c3ccccc3)C3CCCC3)CC2)cc1. The van der Waals surface area contributed by atoms with Gasteiger partial charge in [-0.2, -0.15) is 0 Å². The van der Waals surface area contributed by atoms with E-state index < -0.39 is 0 Å². The summed E-state index contributed by atoms with van der Waals surface area (Å²) in [5.74, 6) is 0.627. The van der Waals surface area contributed by atoms with Gasteiger partial charge in [-0.25, -0.2) is 0 Å². The van der Waals surface area contributed by atoms with Crippen molar-refractivity contribution in [3.8, 4) is 0 Å². The molecule has 1 N–H and O–H groups in total. The summed E-state index contributed by atoms with van der Waals surface area (Å²) < 4.78 is 0. The number of nitrogens with zero attached hydrogens (tertiary/aromatic N) is 2. The van der Waals surface area contributed by atoms with E-state index in [-0.39, 0.29) is 23.9 Å². The normalized spacial score (nSPS) is 19.3. The van der Waals surface area contributed by atoms with Crippen molar-refractivity contribution in [1.82, 2.24) is 15.1 Å². The first-order valence-corrected chi connectivity index (χ1v) is 12.5. The lowest BCUT2D eigenvalue weighted by atomic mass is 9.94. The molecule has 0 aromatic heterocycles. The minimum atomic E-state index is -0.111. The molecular formula is C28H37N3O2. The molecule has 1 heterocycles. The predicted molar refractivity (Wildman–Crippen MR) is 132 cm³/mol. The first-order chi connectivity index (χ1) is 16.1. The molecule has 2 aromatic rings. The average Bonchev–Trinajstić information content (AvgIpc) is 3.39. The Kier molecular flexibility index (Phi) is 7.81. The molecule has 1 aliphatic carbocycles. The molecular weight excluding hydrogens is 410 g/mol. The fourth-order valence-electron chi connectivity index (χ4n) is 5.34.